The second kappa shape index (κ2) is 6.86. The number of carbonyl (C=O) groups is 1. The Bertz CT molecular complexity index is 618. The van der Waals surface area contributed by atoms with Crippen molar-refractivity contribution in [2.45, 2.75) is 57.3 Å². The quantitative estimate of drug-likeness (QED) is 0.818. The molecule has 4 rings (SSSR count). The number of hydrogen-bond acceptors (Lipinski definition) is 5. The highest BCUT2D eigenvalue weighted by Crippen LogP contribution is 2.34. The number of ether oxygens (including phenoxy) is 1. The van der Waals surface area contributed by atoms with Crippen LogP contribution in [-0.2, 0) is 9.53 Å². The number of carbonyl (C=O) groups excluding carboxylic acids is 1. The van der Waals surface area contributed by atoms with Gasteiger partial charge in [-0.1, -0.05) is 6.92 Å². The third kappa shape index (κ3) is 3.34. The maximum Gasteiger partial charge on any atom is 0.251 e. The van der Waals surface area contributed by atoms with Crippen molar-refractivity contribution >= 4 is 11.9 Å². The molecule has 0 radical (unpaired) electrons. The molecule has 0 saturated carbocycles. The van der Waals surface area contributed by atoms with Crippen molar-refractivity contribution in [2.24, 2.45) is 5.92 Å². The number of likely N-dealkylation sites (tertiary alicyclic amines) is 1. The van der Waals surface area contributed by atoms with Crippen LogP contribution in [0.3, 0.4) is 0 Å². The van der Waals surface area contributed by atoms with Crippen LogP contribution in [-0.4, -0.2) is 58.7 Å². The van der Waals surface area contributed by atoms with Gasteiger partial charge in [0.1, 0.15) is 6.10 Å². The van der Waals surface area contributed by atoms with Gasteiger partial charge in [-0.15, -0.1) is 0 Å². The maximum atomic E-state index is 13.0. The predicted molar refractivity (Wildman–Crippen MR) is 90.6 cm³/mol. The van der Waals surface area contributed by atoms with Gasteiger partial charge in [0.05, 0.1) is 24.5 Å². The van der Waals surface area contributed by atoms with Gasteiger partial charge in [0.2, 0.25) is 5.95 Å². The van der Waals surface area contributed by atoms with Crippen molar-refractivity contribution in [2.75, 3.05) is 24.5 Å². The molecule has 1 aromatic heterocycles. The van der Waals surface area contributed by atoms with Crippen molar-refractivity contribution < 1.29 is 13.9 Å². The third-order valence-corrected chi connectivity index (χ3v) is 5.78. The molecule has 3 fully saturated rings. The highest BCUT2D eigenvalue weighted by molar-refractivity contribution is 5.81. The van der Waals surface area contributed by atoms with Crippen molar-refractivity contribution in [3.05, 3.63) is 18.2 Å². The standard InChI is InChI=1S/C18H25FN4O2/c1-12-4-7-22(8-5-12)17(24)16-3-2-14-15(25-16)6-9-23(14)18-20-10-13(19)11-21-18/h10-12,14-16H,2-9H2,1H3/t14-,15-,16+/m1/s1. The highest BCUT2D eigenvalue weighted by atomic mass is 19.1. The molecule has 0 unspecified atom stereocenters. The molecule has 25 heavy (non-hydrogen) atoms. The first kappa shape index (κ1) is 16.7. The molecular formula is C18H25FN4O2. The predicted octanol–water partition coefficient (Wildman–Crippen LogP) is 2.00. The smallest absolute Gasteiger partial charge is 0.251 e. The highest BCUT2D eigenvalue weighted by Gasteiger charge is 2.43. The second-order valence-corrected chi connectivity index (χ2v) is 7.50. The van der Waals surface area contributed by atoms with Crippen LogP contribution in [0.4, 0.5) is 10.3 Å². The Morgan fingerprint density at radius 1 is 1.12 bits per heavy atom. The average molecular weight is 348 g/mol. The van der Waals surface area contributed by atoms with Crippen LogP contribution in [0, 0.1) is 11.7 Å². The van der Waals surface area contributed by atoms with E-state index >= 15 is 0 Å². The Morgan fingerprint density at radius 2 is 1.84 bits per heavy atom. The minimum absolute atomic E-state index is 0.0278. The molecule has 1 aromatic rings. The van der Waals surface area contributed by atoms with Crippen LogP contribution in [0.25, 0.3) is 0 Å². The van der Waals surface area contributed by atoms with E-state index in [2.05, 4.69) is 21.8 Å². The van der Waals surface area contributed by atoms with Gasteiger partial charge in [-0.05, 0) is 38.0 Å². The summed E-state index contributed by atoms with van der Waals surface area (Å²) < 4.78 is 19.2. The van der Waals surface area contributed by atoms with Crippen molar-refractivity contribution in [3.8, 4) is 0 Å². The summed E-state index contributed by atoms with van der Waals surface area (Å²) in [5, 5.41) is 0. The molecule has 3 saturated heterocycles. The van der Waals surface area contributed by atoms with E-state index in [4.69, 9.17) is 4.74 Å². The van der Waals surface area contributed by atoms with E-state index in [-0.39, 0.29) is 24.2 Å². The van der Waals surface area contributed by atoms with Crippen LogP contribution in [0.5, 0.6) is 0 Å². The number of aromatic nitrogens is 2. The van der Waals surface area contributed by atoms with Gasteiger partial charge in [-0.3, -0.25) is 4.79 Å². The number of amides is 1. The first-order valence-corrected chi connectivity index (χ1v) is 9.30. The second-order valence-electron chi connectivity index (χ2n) is 7.50. The minimum Gasteiger partial charge on any atom is -0.363 e. The van der Waals surface area contributed by atoms with Crippen LogP contribution in [0.2, 0.25) is 0 Å². The van der Waals surface area contributed by atoms with E-state index in [1.807, 2.05) is 4.90 Å². The number of fused-ring (bicyclic) bond motifs is 1. The topological polar surface area (TPSA) is 58.6 Å². The summed E-state index contributed by atoms with van der Waals surface area (Å²) in [6.45, 7) is 4.73. The Morgan fingerprint density at radius 3 is 2.56 bits per heavy atom. The fourth-order valence-corrected chi connectivity index (χ4v) is 4.24. The monoisotopic (exact) mass is 348 g/mol. The van der Waals surface area contributed by atoms with Gasteiger partial charge in [-0.2, -0.15) is 0 Å². The lowest BCUT2D eigenvalue weighted by molar-refractivity contribution is -0.153. The van der Waals surface area contributed by atoms with Crippen molar-refractivity contribution in [1.29, 1.82) is 0 Å². The molecule has 0 spiro atoms. The Balaban J connectivity index is 1.38. The minimum atomic E-state index is -0.430. The van der Waals surface area contributed by atoms with Gasteiger partial charge in [0, 0.05) is 19.6 Å². The zero-order chi connectivity index (χ0) is 17.4. The summed E-state index contributed by atoms with van der Waals surface area (Å²) in [5.41, 5.74) is 0. The number of anilines is 1. The van der Waals surface area contributed by atoms with E-state index in [9.17, 15) is 9.18 Å². The maximum absolute atomic E-state index is 13.0. The Labute approximate surface area is 147 Å². The molecule has 0 N–H and O–H groups in total. The molecule has 0 bridgehead atoms. The summed E-state index contributed by atoms with van der Waals surface area (Å²) in [4.78, 5) is 25.0. The summed E-state index contributed by atoms with van der Waals surface area (Å²) >= 11 is 0. The normalized spacial score (nSPS) is 30.4. The summed E-state index contributed by atoms with van der Waals surface area (Å²) in [5.74, 6) is 0.981. The molecule has 3 aliphatic heterocycles. The van der Waals surface area contributed by atoms with Crippen molar-refractivity contribution in [3.63, 3.8) is 0 Å². The number of piperidine rings is 1. The number of halogens is 1. The molecule has 1 amide bonds. The largest absolute Gasteiger partial charge is 0.363 e. The van der Waals surface area contributed by atoms with Gasteiger partial charge in [0.25, 0.3) is 5.91 Å². The van der Waals surface area contributed by atoms with E-state index in [0.717, 1.165) is 51.7 Å². The molecule has 0 aromatic carbocycles. The van der Waals surface area contributed by atoms with Crippen LogP contribution in [0.1, 0.15) is 39.0 Å². The van der Waals surface area contributed by atoms with Crippen molar-refractivity contribution in [1.82, 2.24) is 14.9 Å². The molecule has 0 aliphatic carbocycles. The molecule has 6 nitrogen and oxygen atoms in total. The first-order valence-electron chi connectivity index (χ1n) is 9.30. The lowest BCUT2D eigenvalue weighted by Crippen LogP contribution is -2.50. The fourth-order valence-electron chi connectivity index (χ4n) is 4.24. The SMILES string of the molecule is CC1CCN(C(=O)[C@@H]2CC[C@@H]3[C@@H](CCN3c3ncc(F)cn3)O2)CC1. The van der Waals surface area contributed by atoms with Gasteiger partial charge in [0.15, 0.2) is 5.82 Å². The van der Waals surface area contributed by atoms with Gasteiger partial charge in [-0.25, -0.2) is 14.4 Å². The lowest BCUT2D eigenvalue weighted by atomic mass is 9.96. The summed E-state index contributed by atoms with van der Waals surface area (Å²) in [7, 11) is 0. The molecule has 7 heteroatoms. The average Bonchev–Trinajstić information content (AvgIpc) is 3.05. The van der Waals surface area contributed by atoms with E-state index < -0.39 is 5.82 Å². The van der Waals surface area contributed by atoms with Gasteiger partial charge < -0.3 is 14.5 Å². The van der Waals surface area contributed by atoms with Gasteiger partial charge >= 0.3 is 0 Å². The number of rotatable bonds is 2. The third-order valence-electron chi connectivity index (χ3n) is 5.78. The Kier molecular flexibility index (Phi) is 4.58. The Hall–Kier alpha value is -1.76. The summed E-state index contributed by atoms with van der Waals surface area (Å²) in [6.07, 6.45) is 6.73. The fraction of sp³-hybridized carbons (Fsp3) is 0.722. The molecular weight excluding hydrogens is 323 g/mol. The lowest BCUT2D eigenvalue weighted by Gasteiger charge is -2.38. The van der Waals surface area contributed by atoms with Crippen LogP contribution < -0.4 is 4.90 Å². The van der Waals surface area contributed by atoms with Crippen LogP contribution >= 0.6 is 0 Å². The molecule has 4 heterocycles. The molecule has 3 atom stereocenters. The van der Waals surface area contributed by atoms with E-state index in [1.54, 1.807) is 0 Å². The number of nitrogens with zero attached hydrogens (tertiary/aromatic N) is 4. The van der Waals surface area contributed by atoms with Crippen LogP contribution in [0.15, 0.2) is 12.4 Å². The summed E-state index contributed by atoms with van der Waals surface area (Å²) in [6, 6.07) is 0.177. The van der Waals surface area contributed by atoms with E-state index in [0.29, 0.717) is 11.9 Å². The van der Waals surface area contributed by atoms with E-state index in [1.165, 1.54) is 12.4 Å². The number of hydrogen-bond donors (Lipinski definition) is 0. The zero-order valence-corrected chi connectivity index (χ0v) is 14.6. The molecule has 136 valence electrons. The molecule has 3 aliphatic rings. The zero-order valence-electron chi connectivity index (χ0n) is 14.6. The first-order chi connectivity index (χ1) is 12.1.